The van der Waals surface area contributed by atoms with Gasteiger partial charge in [-0.15, -0.1) is 0 Å². The van der Waals surface area contributed by atoms with Gasteiger partial charge in [-0.1, -0.05) is 30.3 Å². The molecule has 25 heavy (non-hydrogen) atoms. The minimum absolute atomic E-state index is 0.145. The molecular formula is C20H19N3OS. The van der Waals surface area contributed by atoms with E-state index >= 15 is 0 Å². The molecule has 5 heteroatoms. The van der Waals surface area contributed by atoms with Crippen LogP contribution in [0, 0.1) is 0 Å². The zero-order valence-corrected chi connectivity index (χ0v) is 15.0. The van der Waals surface area contributed by atoms with Crippen LogP contribution in [0.1, 0.15) is 28.1 Å². The molecule has 4 nitrogen and oxygen atoms in total. The van der Waals surface area contributed by atoms with Crippen LogP contribution in [0.3, 0.4) is 0 Å². The summed E-state index contributed by atoms with van der Waals surface area (Å²) in [6.07, 6.45) is 6.97. The Morgan fingerprint density at radius 3 is 2.60 bits per heavy atom. The van der Waals surface area contributed by atoms with E-state index in [2.05, 4.69) is 34.5 Å². The third kappa shape index (κ3) is 4.06. The summed E-state index contributed by atoms with van der Waals surface area (Å²) in [6, 6.07) is 15.4. The first kappa shape index (κ1) is 17.2. The van der Waals surface area contributed by atoms with Gasteiger partial charge in [0.1, 0.15) is 6.33 Å². The molecule has 1 amide bonds. The summed E-state index contributed by atoms with van der Waals surface area (Å²) < 4.78 is 0. The summed E-state index contributed by atoms with van der Waals surface area (Å²) in [6.45, 7) is 2.15. The molecule has 0 unspecified atom stereocenters. The molecule has 0 saturated carbocycles. The highest BCUT2D eigenvalue weighted by atomic mass is 32.2. The van der Waals surface area contributed by atoms with E-state index in [0.29, 0.717) is 10.8 Å². The van der Waals surface area contributed by atoms with Crippen molar-refractivity contribution in [2.75, 3.05) is 11.6 Å². The van der Waals surface area contributed by atoms with Crippen molar-refractivity contribution in [1.82, 2.24) is 9.97 Å². The van der Waals surface area contributed by atoms with Crippen molar-refractivity contribution >= 4 is 23.4 Å². The molecule has 1 atom stereocenters. The Labute approximate surface area is 151 Å². The molecule has 0 aliphatic heterocycles. The first-order valence-corrected chi connectivity index (χ1v) is 9.26. The van der Waals surface area contributed by atoms with Gasteiger partial charge in [0.05, 0.1) is 0 Å². The van der Waals surface area contributed by atoms with Crippen LogP contribution in [-0.4, -0.2) is 22.1 Å². The van der Waals surface area contributed by atoms with E-state index in [1.807, 2.05) is 42.5 Å². The van der Waals surface area contributed by atoms with Gasteiger partial charge >= 0.3 is 0 Å². The number of carbonyl (C=O) groups excluding carboxylic acids is 1. The Kier molecular flexibility index (Phi) is 5.46. The first-order chi connectivity index (χ1) is 12.2. The topological polar surface area (TPSA) is 54.9 Å². The van der Waals surface area contributed by atoms with E-state index in [9.17, 15) is 4.79 Å². The molecule has 0 spiro atoms. The Balaban J connectivity index is 1.88. The third-order valence-corrected chi connectivity index (χ3v) is 4.99. The molecule has 0 aliphatic rings. The minimum atomic E-state index is -0.145. The summed E-state index contributed by atoms with van der Waals surface area (Å²) in [5.41, 5.74) is 4.21. The SMILES string of the molecule is CS[C@@H](C)c1cccc(NC(=O)c2ccccc2-c2cncnc2)c1. The van der Waals surface area contributed by atoms with Gasteiger partial charge in [0.25, 0.3) is 5.91 Å². The monoisotopic (exact) mass is 349 g/mol. The Morgan fingerprint density at radius 1 is 1.08 bits per heavy atom. The number of nitrogens with zero attached hydrogens (tertiary/aromatic N) is 2. The molecule has 2 aromatic carbocycles. The van der Waals surface area contributed by atoms with E-state index in [4.69, 9.17) is 0 Å². The van der Waals surface area contributed by atoms with Gasteiger partial charge in [0.2, 0.25) is 0 Å². The largest absolute Gasteiger partial charge is 0.322 e. The van der Waals surface area contributed by atoms with Gasteiger partial charge < -0.3 is 5.32 Å². The molecule has 1 aromatic heterocycles. The fraction of sp³-hybridized carbons (Fsp3) is 0.150. The second-order valence-electron chi connectivity index (χ2n) is 5.63. The molecule has 0 bridgehead atoms. The molecule has 3 aromatic rings. The number of rotatable bonds is 5. The lowest BCUT2D eigenvalue weighted by Gasteiger charge is -2.13. The van der Waals surface area contributed by atoms with E-state index in [1.54, 1.807) is 24.2 Å². The molecule has 0 aliphatic carbocycles. The van der Waals surface area contributed by atoms with Crippen LogP contribution in [0.15, 0.2) is 67.3 Å². The standard InChI is InChI=1S/C20H19N3OS/c1-14(25-2)15-6-5-7-17(10-15)23-20(24)19-9-4-3-8-18(19)16-11-21-13-22-12-16/h3-14H,1-2H3,(H,23,24)/t14-/m0/s1. The zero-order chi connectivity index (χ0) is 17.6. The summed E-state index contributed by atoms with van der Waals surface area (Å²) in [7, 11) is 0. The number of hydrogen-bond acceptors (Lipinski definition) is 4. The highest BCUT2D eigenvalue weighted by Gasteiger charge is 2.13. The van der Waals surface area contributed by atoms with Crippen LogP contribution >= 0.6 is 11.8 Å². The maximum absolute atomic E-state index is 12.8. The van der Waals surface area contributed by atoms with Gasteiger partial charge in [0.15, 0.2) is 0 Å². The average molecular weight is 349 g/mol. The quantitative estimate of drug-likeness (QED) is 0.717. The predicted octanol–water partition coefficient (Wildman–Crippen LogP) is 4.82. The van der Waals surface area contributed by atoms with Crippen molar-refractivity contribution in [3.8, 4) is 11.1 Å². The molecular weight excluding hydrogens is 330 g/mol. The van der Waals surface area contributed by atoms with E-state index in [-0.39, 0.29) is 5.91 Å². The van der Waals surface area contributed by atoms with Crippen molar-refractivity contribution in [1.29, 1.82) is 0 Å². The van der Waals surface area contributed by atoms with Crippen LogP contribution in [0.25, 0.3) is 11.1 Å². The number of carbonyl (C=O) groups is 1. The summed E-state index contributed by atoms with van der Waals surface area (Å²) >= 11 is 1.77. The first-order valence-electron chi connectivity index (χ1n) is 7.97. The summed E-state index contributed by atoms with van der Waals surface area (Å²) in [4.78, 5) is 20.9. The molecule has 3 rings (SSSR count). The maximum Gasteiger partial charge on any atom is 0.256 e. The molecule has 0 saturated heterocycles. The number of hydrogen-bond donors (Lipinski definition) is 1. The maximum atomic E-state index is 12.8. The number of thioether (sulfide) groups is 1. The van der Waals surface area contributed by atoms with Crippen molar-refractivity contribution in [2.24, 2.45) is 0 Å². The lowest BCUT2D eigenvalue weighted by atomic mass is 10.0. The van der Waals surface area contributed by atoms with Crippen LogP contribution < -0.4 is 5.32 Å². The van der Waals surface area contributed by atoms with Crippen LogP contribution in [0.4, 0.5) is 5.69 Å². The van der Waals surface area contributed by atoms with Crippen LogP contribution in [-0.2, 0) is 0 Å². The molecule has 0 fully saturated rings. The number of amides is 1. The number of anilines is 1. The molecule has 126 valence electrons. The van der Waals surface area contributed by atoms with Gasteiger partial charge in [0, 0.05) is 34.5 Å². The third-order valence-electron chi connectivity index (χ3n) is 4.01. The van der Waals surface area contributed by atoms with E-state index in [1.165, 1.54) is 11.9 Å². The van der Waals surface area contributed by atoms with Crippen LogP contribution in [0.2, 0.25) is 0 Å². The molecule has 1 heterocycles. The summed E-state index contributed by atoms with van der Waals surface area (Å²) in [5, 5.41) is 3.38. The predicted molar refractivity (Wildman–Crippen MR) is 104 cm³/mol. The fourth-order valence-corrected chi connectivity index (χ4v) is 2.99. The highest BCUT2D eigenvalue weighted by Crippen LogP contribution is 2.28. The van der Waals surface area contributed by atoms with Gasteiger partial charge in [-0.25, -0.2) is 9.97 Å². The molecule has 1 N–H and O–H groups in total. The lowest BCUT2D eigenvalue weighted by Crippen LogP contribution is -2.13. The second-order valence-corrected chi connectivity index (χ2v) is 6.81. The minimum Gasteiger partial charge on any atom is -0.322 e. The zero-order valence-electron chi connectivity index (χ0n) is 14.1. The number of benzene rings is 2. The molecule has 0 radical (unpaired) electrons. The van der Waals surface area contributed by atoms with Crippen molar-refractivity contribution in [3.05, 3.63) is 78.4 Å². The normalized spacial score (nSPS) is 11.8. The van der Waals surface area contributed by atoms with Gasteiger partial charge in [-0.2, -0.15) is 11.8 Å². The highest BCUT2D eigenvalue weighted by molar-refractivity contribution is 7.98. The second kappa shape index (κ2) is 7.94. The van der Waals surface area contributed by atoms with Crippen molar-refractivity contribution < 1.29 is 4.79 Å². The summed E-state index contributed by atoms with van der Waals surface area (Å²) in [5.74, 6) is -0.145. The average Bonchev–Trinajstić information content (AvgIpc) is 2.68. The van der Waals surface area contributed by atoms with Crippen molar-refractivity contribution in [3.63, 3.8) is 0 Å². The number of aromatic nitrogens is 2. The van der Waals surface area contributed by atoms with Crippen molar-refractivity contribution in [2.45, 2.75) is 12.2 Å². The smallest absolute Gasteiger partial charge is 0.256 e. The van der Waals surface area contributed by atoms with Gasteiger partial charge in [-0.05, 0) is 42.5 Å². The Bertz CT molecular complexity index is 868. The fourth-order valence-electron chi connectivity index (χ4n) is 2.57. The Morgan fingerprint density at radius 2 is 1.84 bits per heavy atom. The van der Waals surface area contributed by atoms with Crippen LogP contribution in [0.5, 0.6) is 0 Å². The lowest BCUT2D eigenvalue weighted by molar-refractivity contribution is 0.102. The van der Waals surface area contributed by atoms with E-state index in [0.717, 1.165) is 16.8 Å². The van der Waals surface area contributed by atoms with Gasteiger partial charge in [-0.3, -0.25) is 4.79 Å². The number of nitrogens with one attached hydrogen (secondary N) is 1. The van der Waals surface area contributed by atoms with E-state index < -0.39 is 0 Å². The Hall–Kier alpha value is -2.66.